The lowest BCUT2D eigenvalue weighted by Gasteiger charge is -2.18. The van der Waals surface area contributed by atoms with Gasteiger partial charge in [-0.25, -0.2) is 0 Å². The maximum absolute atomic E-state index is 6.02. The number of ether oxygens (including phenoxy) is 1. The predicted octanol–water partition coefficient (Wildman–Crippen LogP) is 3.29. The highest BCUT2D eigenvalue weighted by Gasteiger charge is 2.33. The van der Waals surface area contributed by atoms with E-state index in [-0.39, 0.29) is 6.10 Å². The minimum absolute atomic E-state index is 0.227. The second-order valence-electron chi connectivity index (χ2n) is 4.99. The molecule has 0 aliphatic carbocycles. The van der Waals surface area contributed by atoms with Gasteiger partial charge in [0, 0.05) is 18.2 Å². The first-order valence-electron chi connectivity index (χ1n) is 7.02. The van der Waals surface area contributed by atoms with E-state index in [1.807, 2.05) is 18.2 Å². The van der Waals surface area contributed by atoms with Crippen LogP contribution in [0.25, 0.3) is 5.69 Å². The van der Waals surface area contributed by atoms with E-state index in [0.29, 0.717) is 11.8 Å². The molecule has 1 fully saturated rings. The Bertz CT molecular complexity index is 570. The molecule has 1 aliphatic rings. The van der Waals surface area contributed by atoms with Gasteiger partial charge in [0.2, 0.25) is 0 Å². The SMILES string of the molecule is CCC1OCCC1c1nnc(CCl)n1-c1ccccc1. The van der Waals surface area contributed by atoms with Gasteiger partial charge in [-0.15, -0.1) is 21.8 Å². The summed E-state index contributed by atoms with van der Waals surface area (Å²) < 4.78 is 7.87. The van der Waals surface area contributed by atoms with Crippen LogP contribution in [0.3, 0.4) is 0 Å². The minimum atomic E-state index is 0.227. The number of rotatable bonds is 4. The number of nitrogens with zero attached hydrogens (tertiary/aromatic N) is 3. The average molecular weight is 292 g/mol. The molecule has 106 valence electrons. The van der Waals surface area contributed by atoms with Crippen molar-refractivity contribution in [3.63, 3.8) is 0 Å². The first-order valence-corrected chi connectivity index (χ1v) is 7.55. The second-order valence-corrected chi connectivity index (χ2v) is 5.26. The molecule has 1 aliphatic heterocycles. The molecule has 0 bridgehead atoms. The third kappa shape index (κ3) is 2.34. The first kappa shape index (κ1) is 13.6. The van der Waals surface area contributed by atoms with Crippen molar-refractivity contribution in [2.24, 2.45) is 0 Å². The molecule has 1 aromatic carbocycles. The lowest BCUT2D eigenvalue weighted by molar-refractivity contribution is 0.0991. The average Bonchev–Trinajstić information content (AvgIpc) is 3.13. The van der Waals surface area contributed by atoms with E-state index < -0.39 is 0 Å². The normalized spacial score (nSPS) is 22.3. The summed E-state index contributed by atoms with van der Waals surface area (Å²) in [5.41, 5.74) is 1.06. The van der Waals surface area contributed by atoms with Crippen LogP contribution in [0.15, 0.2) is 30.3 Å². The number of hydrogen-bond acceptors (Lipinski definition) is 3. The second kappa shape index (κ2) is 5.94. The van der Waals surface area contributed by atoms with Crippen molar-refractivity contribution in [3.8, 4) is 5.69 Å². The van der Waals surface area contributed by atoms with Gasteiger partial charge in [-0.1, -0.05) is 25.1 Å². The fourth-order valence-corrected chi connectivity index (χ4v) is 3.03. The fraction of sp³-hybridized carbons (Fsp3) is 0.467. The quantitative estimate of drug-likeness (QED) is 0.812. The topological polar surface area (TPSA) is 39.9 Å². The van der Waals surface area contributed by atoms with Crippen LogP contribution >= 0.6 is 11.6 Å². The first-order chi connectivity index (χ1) is 9.85. The Hall–Kier alpha value is -1.39. The smallest absolute Gasteiger partial charge is 0.152 e. The molecule has 20 heavy (non-hydrogen) atoms. The molecule has 2 atom stereocenters. The van der Waals surface area contributed by atoms with Crippen molar-refractivity contribution in [2.75, 3.05) is 6.61 Å². The summed E-state index contributed by atoms with van der Waals surface area (Å²) in [5.74, 6) is 2.40. The molecule has 3 rings (SSSR count). The summed E-state index contributed by atoms with van der Waals surface area (Å²) in [6.45, 7) is 2.94. The summed E-state index contributed by atoms with van der Waals surface area (Å²) in [5, 5.41) is 8.64. The van der Waals surface area contributed by atoms with Crippen molar-refractivity contribution in [3.05, 3.63) is 42.0 Å². The molecule has 2 aromatic rings. The Labute approximate surface area is 123 Å². The maximum atomic E-state index is 6.02. The number of aromatic nitrogens is 3. The molecule has 1 saturated heterocycles. The van der Waals surface area contributed by atoms with E-state index in [1.54, 1.807) is 0 Å². The van der Waals surface area contributed by atoms with E-state index in [1.165, 1.54) is 0 Å². The Morgan fingerprint density at radius 2 is 2.10 bits per heavy atom. The van der Waals surface area contributed by atoms with Gasteiger partial charge in [0.1, 0.15) is 5.82 Å². The zero-order valence-electron chi connectivity index (χ0n) is 11.5. The van der Waals surface area contributed by atoms with Crippen molar-refractivity contribution >= 4 is 11.6 Å². The van der Waals surface area contributed by atoms with Gasteiger partial charge >= 0.3 is 0 Å². The zero-order chi connectivity index (χ0) is 13.9. The van der Waals surface area contributed by atoms with Crippen LogP contribution in [0.4, 0.5) is 0 Å². The van der Waals surface area contributed by atoms with Crippen LogP contribution in [0.5, 0.6) is 0 Å². The summed E-state index contributed by atoms with van der Waals surface area (Å²) in [6.07, 6.45) is 2.21. The lowest BCUT2D eigenvalue weighted by Crippen LogP contribution is -2.17. The molecule has 0 saturated carbocycles. The van der Waals surface area contributed by atoms with Gasteiger partial charge in [0.25, 0.3) is 0 Å². The molecule has 2 heterocycles. The molecular formula is C15H18ClN3O. The van der Waals surface area contributed by atoms with Crippen molar-refractivity contribution < 1.29 is 4.74 Å². The van der Waals surface area contributed by atoms with E-state index in [0.717, 1.165) is 36.8 Å². The van der Waals surface area contributed by atoms with Crippen LogP contribution in [0, 0.1) is 0 Å². The molecule has 0 amide bonds. The summed E-state index contributed by atoms with van der Waals surface area (Å²) in [4.78, 5) is 0. The number of alkyl halides is 1. The van der Waals surface area contributed by atoms with Crippen molar-refractivity contribution in [1.82, 2.24) is 14.8 Å². The minimum Gasteiger partial charge on any atom is -0.377 e. The van der Waals surface area contributed by atoms with Crippen molar-refractivity contribution in [1.29, 1.82) is 0 Å². The van der Waals surface area contributed by atoms with Crippen LogP contribution in [-0.2, 0) is 10.6 Å². The Morgan fingerprint density at radius 1 is 1.30 bits per heavy atom. The molecule has 0 spiro atoms. The third-order valence-electron chi connectivity index (χ3n) is 3.83. The van der Waals surface area contributed by atoms with Crippen LogP contribution in [-0.4, -0.2) is 27.5 Å². The van der Waals surface area contributed by atoms with Gasteiger partial charge in [0.05, 0.1) is 12.0 Å². The van der Waals surface area contributed by atoms with E-state index in [2.05, 4.69) is 33.8 Å². The van der Waals surface area contributed by atoms with E-state index >= 15 is 0 Å². The van der Waals surface area contributed by atoms with Gasteiger partial charge in [-0.2, -0.15) is 0 Å². The van der Waals surface area contributed by atoms with Gasteiger partial charge in [-0.05, 0) is 25.0 Å². The Kier molecular flexibility index (Phi) is 4.03. The highest BCUT2D eigenvalue weighted by Crippen LogP contribution is 2.33. The molecule has 4 nitrogen and oxygen atoms in total. The highest BCUT2D eigenvalue weighted by atomic mass is 35.5. The summed E-state index contributed by atoms with van der Waals surface area (Å²) >= 11 is 6.02. The van der Waals surface area contributed by atoms with Crippen LogP contribution < -0.4 is 0 Å². The van der Waals surface area contributed by atoms with Crippen molar-refractivity contribution in [2.45, 2.75) is 37.7 Å². The standard InChI is InChI=1S/C15H18ClN3O/c1-2-13-12(8-9-20-13)15-18-17-14(10-16)19(15)11-6-4-3-5-7-11/h3-7,12-13H,2,8-10H2,1H3. The third-order valence-corrected chi connectivity index (χ3v) is 4.07. The largest absolute Gasteiger partial charge is 0.377 e. The molecule has 1 aromatic heterocycles. The summed E-state index contributed by atoms with van der Waals surface area (Å²) in [7, 11) is 0. The van der Waals surface area contributed by atoms with Crippen LogP contribution in [0.2, 0.25) is 0 Å². The molecule has 5 heteroatoms. The van der Waals surface area contributed by atoms with Gasteiger partial charge in [-0.3, -0.25) is 4.57 Å². The lowest BCUT2D eigenvalue weighted by atomic mass is 9.98. The van der Waals surface area contributed by atoms with Crippen LogP contribution in [0.1, 0.15) is 37.3 Å². The zero-order valence-corrected chi connectivity index (χ0v) is 12.3. The Morgan fingerprint density at radius 3 is 2.80 bits per heavy atom. The number of hydrogen-bond donors (Lipinski definition) is 0. The molecule has 0 N–H and O–H groups in total. The number of para-hydroxylation sites is 1. The predicted molar refractivity (Wildman–Crippen MR) is 78.3 cm³/mol. The van der Waals surface area contributed by atoms with Gasteiger partial charge in [0.15, 0.2) is 5.82 Å². The highest BCUT2D eigenvalue weighted by molar-refractivity contribution is 6.16. The number of benzene rings is 1. The maximum Gasteiger partial charge on any atom is 0.152 e. The van der Waals surface area contributed by atoms with Gasteiger partial charge < -0.3 is 4.74 Å². The fourth-order valence-electron chi connectivity index (χ4n) is 2.86. The summed E-state index contributed by atoms with van der Waals surface area (Å²) in [6, 6.07) is 10.1. The Balaban J connectivity index is 2.06. The monoisotopic (exact) mass is 291 g/mol. The molecular weight excluding hydrogens is 274 g/mol. The molecule has 0 radical (unpaired) electrons. The van der Waals surface area contributed by atoms with E-state index in [9.17, 15) is 0 Å². The van der Waals surface area contributed by atoms with E-state index in [4.69, 9.17) is 16.3 Å². The molecule has 2 unspecified atom stereocenters. The number of halogens is 1.